The van der Waals surface area contributed by atoms with Gasteiger partial charge in [0.05, 0.1) is 11.6 Å². The van der Waals surface area contributed by atoms with E-state index in [0.29, 0.717) is 5.56 Å². The molecular formula is C10H7N3S2. The third kappa shape index (κ3) is 2.78. The summed E-state index contributed by atoms with van der Waals surface area (Å²) < 4.78 is 0.972. The molecule has 74 valence electrons. The number of nitrogens with zero attached hydrogens (tertiary/aromatic N) is 3. The third-order valence-corrected chi connectivity index (χ3v) is 3.72. The van der Waals surface area contributed by atoms with Gasteiger partial charge >= 0.3 is 0 Å². The largest absolute Gasteiger partial charge is 0.192 e. The van der Waals surface area contributed by atoms with Gasteiger partial charge in [-0.2, -0.15) is 5.26 Å². The molecule has 0 N–H and O–H groups in total. The highest BCUT2D eigenvalue weighted by molar-refractivity contribution is 8.00. The van der Waals surface area contributed by atoms with E-state index in [-0.39, 0.29) is 0 Å². The monoisotopic (exact) mass is 233 g/mol. The molecule has 0 fully saturated rings. The molecule has 1 aromatic carbocycles. The first kappa shape index (κ1) is 10.1. The van der Waals surface area contributed by atoms with Crippen LogP contribution in [0.1, 0.15) is 11.1 Å². The molecule has 0 aliphatic rings. The predicted molar refractivity (Wildman–Crippen MR) is 60.6 cm³/mol. The highest BCUT2D eigenvalue weighted by Gasteiger charge is 1.99. The molecule has 0 saturated heterocycles. The fourth-order valence-corrected chi connectivity index (χ4v) is 2.49. The number of hydrogen-bond acceptors (Lipinski definition) is 5. The van der Waals surface area contributed by atoms with Gasteiger partial charge in [-0.15, -0.1) is 10.2 Å². The molecule has 0 amide bonds. The van der Waals surface area contributed by atoms with Crippen molar-refractivity contribution in [1.82, 2.24) is 10.2 Å². The summed E-state index contributed by atoms with van der Waals surface area (Å²) in [6, 6.07) is 9.69. The Bertz CT molecular complexity index is 456. The second-order valence-corrected chi connectivity index (χ2v) is 4.86. The average Bonchev–Trinajstić information content (AvgIpc) is 2.80. The molecule has 0 aliphatic carbocycles. The lowest BCUT2D eigenvalue weighted by atomic mass is 10.2. The Hall–Kier alpha value is -1.38. The van der Waals surface area contributed by atoms with Crippen LogP contribution in [0.3, 0.4) is 0 Å². The van der Waals surface area contributed by atoms with Crippen molar-refractivity contribution in [3.8, 4) is 6.07 Å². The molecule has 5 heteroatoms. The standard InChI is InChI=1S/C10H7N3S2/c11-5-8-1-3-9(4-2-8)6-14-10-13-12-7-15-10/h1-4,7H,6H2. The molecular weight excluding hydrogens is 226 g/mol. The van der Waals surface area contributed by atoms with Crippen LogP contribution in [0.5, 0.6) is 0 Å². The number of benzene rings is 1. The summed E-state index contributed by atoms with van der Waals surface area (Å²) in [7, 11) is 0. The van der Waals surface area contributed by atoms with Crippen molar-refractivity contribution in [2.75, 3.05) is 0 Å². The lowest BCUT2D eigenvalue weighted by Crippen LogP contribution is -1.81. The molecule has 0 aliphatic heterocycles. The maximum Gasteiger partial charge on any atom is 0.174 e. The van der Waals surface area contributed by atoms with Crippen LogP contribution in [-0.2, 0) is 5.75 Å². The van der Waals surface area contributed by atoms with Gasteiger partial charge in [-0.1, -0.05) is 35.2 Å². The zero-order chi connectivity index (χ0) is 10.5. The Kier molecular flexibility index (Phi) is 3.33. The van der Waals surface area contributed by atoms with Crippen LogP contribution in [0.4, 0.5) is 0 Å². The summed E-state index contributed by atoms with van der Waals surface area (Å²) in [5, 5.41) is 16.3. The van der Waals surface area contributed by atoms with Crippen molar-refractivity contribution in [2.24, 2.45) is 0 Å². The van der Waals surface area contributed by atoms with E-state index < -0.39 is 0 Å². The van der Waals surface area contributed by atoms with Crippen molar-refractivity contribution in [1.29, 1.82) is 5.26 Å². The summed E-state index contributed by atoms with van der Waals surface area (Å²) in [5.74, 6) is 0.862. The number of aromatic nitrogens is 2. The molecule has 3 nitrogen and oxygen atoms in total. The zero-order valence-electron chi connectivity index (χ0n) is 7.75. The minimum Gasteiger partial charge on any atom is -0.192 e. The Morgan fingerprint density at radius 1 is 1.33 bits per heavy atom. The van der Waals surface area contributed by atoms with Crippen LogP contribution >= 0.6 is 23.1 Å². The van der Waals surface area contributed by atoms with Crippen LogP contribution in [0, 0.1) is 11.3 Å². The first-order valence-corrected chi connectivity index (χ1v) is 6.13. The number of rotatable bonds is 3. The van der Waals surface area contributed by atoms with E-state index in [4.69, 9.17) is 5.26 Å². The smallest absolute Gasteiger partial charge is 0.174 e. The van der Waals surface area contributed by atoms with Crippen molar-refractivity contribution in [3.05, 3.63) is 40.9 Å². The maximum absolute atomic E-state index is 8.64. The van der Waals surface area contributed by atoms with E-state index in [0.717, 1.165) is 10.1 Å². The first-order chi connectivity index (χ1) is 7.38. The van der Waals surface area contributed by atoms with Crippen molar-refractivity contribution < 1.29 is 0 Å². The Morgan fingerprint density at radius 3 is 2.73 bits per heavy atom. The number of nitriles is 1. The molecule has 0 spiro atoms. The molecule has 0 bridgehead atoms. The van der Waals surface area contributed by atoms with Gasteiger partial charge in [-0.3, -0.25) is 0 Å². The van der Waals surface area contributed by atoms with Crippen LogP contribution in [0.15, 0.2) is 34.1 Å². The first-order valence-electron chi connectivity index (χ1n) is 4.26. The molecule has 0 saturated carbocycles. The van der Waals surface area contributed by atoms with Crippen molar-refractivity contribution in [2.45, 2.75) is 10.1 Å². The maximum atomic E-state index is 8.64. The third-order valence-electron chi connectivity index (χ3n) is 1.79. The van der Waals surface area contributed by atoms with Gasteiger partial charge in [0.2, 0.25) is 0 Å². The van der Waals surface area contributed by atoms with Crippen molar-refractivity contribution >= 4 is 23.1 Å². The lowest BCUT2D eigenvalue weighted by molar-refractivity contribution is 1.01. The van der Waals surface area contributed by atoms with Crippen LogP contribution in [0.25, 0.3) is 0 Å². The quantitative estimate of drug-likeness (QED) is 0.765. The van der Waals surface area contributed by atoms with Gasteiger partial charge in [0, 0.05) is 5.75 Å². The van der Waals surface area contributed by atoms with E-state index in [1.807, 2.05) is 24.3 Å². The van der Waals surface area contributed by atoms with Crippen molar-refractivity contribution in [3.63, 3.8) is 0 Å². The summed E-state index contributed by atoms with van der Waals surface area (Å²) in [6.45, 7) is 0. The molecule has 1 aromatic heterocycles. The van der Waals surface area contributed by atoms with Crippen LogP contribution < -0.4 is 0 Å². The predicted octanol–water partition coefficient (Wildman–Crippen LogP) is 2.70. The van der Waals surface area contributed by atoms with Gasteiger partial charge in [-0.25, -0.2) is 0 Å². The Balaban J connectivity index is 1.97. The second-order valence-electron chi connectivity index (χ2n) is 2.80. The van der Waals surface area contributed by atoms with E-state index in [1.54, 1.807) is 17.3 Å². The molecule has 2 rings (SSSR count). The molecule has 0 atom stereocenters. The van der Waals surface area contributed by atoms with Gasteiger partial charge in [0.1, 0.15) is 5.51 Å². The lowest BCUT2D eigenvalue weighted by Gasteiger charge is -1.97. The molecule has 15 heavy (non-hydrogen) atoms. The van der Waals surface area contributed by atoms with Gasteiger partial charge in [0.25, 0.3) is 0 Å². The van der Waals surface area contributed by atoms with Gasteiger partial charge < -0.3 is 0 Å². The fraction of sp³-hybridized carbons (Fsp3) is 0.100. The minimum absolute atomic E-state index is 0.694. The minimum atomic E-state index is 0.694. The van der Waals surface area contributed by atoms with Gasteiger partial charge in [0.15, 0.2) is 4.34 Å². The topological polar surface area (TPSA) is 49.6 Å². The fourth-order valence-electron chi connectivity index (χ4n) is 1.05. The van der Waals surface area contributed by atoms with E-state index >= 15 is 0 Å². The SMILES string of the molecule is N#Cc1ccc(CSc2nncs2)cc1. The molecule has 1 heterocycles. The summed E-state index contributed by atoms with van der Waals surface area (Å²) in [6.07, 6.45) is 0. The highest BCUT2D eigenvalue weighted by atomic mass is 32.2. The zero-order valence-corrected chi connectivity index (χ0v) is 9.38. The summed E-state index contributed by atoms with van der Waals surface area (Å²) >= 11 is 3.19. The Morgan fingerprint density at radius 2 is 2.13 bits per heavy atom. The molecule has 0 unspecified atom stereocenters. The summed E-state index contributed by atoms with van der Waals surface area (Å²) in [4.78, 5) is 0. The van der Waals surface area contributed by atoms with Crippen LogP contribution in [-0.4, -0.2) is 10.2 Å². The highest BCUT2D eigenvalue weighted by Crippen LogP contribution is 2.23. The molecule has 0 radical (unpaired) electrons. The van der Waals surface area contributed by atoms with E-state index in [1.165, 1.54) is 16.9 Å². The summed E-state index contributed by atoms with van der Waals surface area (Å²) in [5.41, 5.74) is 3.61. The Labute approximate surface area is 95.8 Å². The van der Waals surface area contributed by atoms with Crippen LogP contribution in [0.2, 0.25) is 0 Å². The normalized spacial score (nSPS) is 9.80. The average molecular weight is 233 g/mol. The van der Waals surface area contributed by atoms with E-state index in [9.17, 15) is 0 Å². The van der Waals surface area contributed by atoms with Gasteiger partial charge in [-0.05, 0) is 17.7 Å². The second kappa shape index (κ2) is 4.91. The number of thioether (sulfide) groups is 1. The van der Waals surface area contributed by atoms with E-state index in [2.05, 4.69) is 16.3 Å². The number of hydrogen-bond donors (Lipinski definition) is 0. The molecule has 2 aromatic rings.